The van der Waals surface area contributed by atoms with Crippen molar-refractivity contribution in [3.05, 3.63) is 58.5 Å². The molecule has 1 N–H and O–H groups in total. The number of benzene rings is 1. The number of pyridine rings is 1. The number of sulfone groups is 1. The molecule has 2 heterocycles. The van der Waals surface area contributed by atoms with Crippen molar-refractivity contribution >= 4 is 37.4 Å². The van der Waals surface area contributed by atoms with Gasteiger partial charge in [0.2, 0.25) is 10.0 Å². The first-order chi connectivity index (χ1) is 17.8. The van der Waals surface area contributed by atoms with E-state index in [1.807, 2.05) is 0 Å². The molecule has 39 heavy (non-hydrogen) atoms. The second-order valence-corrected chi connectivity index (χ2v) is 13.2. The molecule has 0 aliphatic carbocycles. The van der Waals surface area contributed by atoms with Crippen molar-refractivity contribution < 1.29 is 43.6 Å². The molecule has 2 aromatic rings. The molecule has 1 aliphatic rings. The molecule has 1 saturated heterocycles. The Kier molecular flexibility index (Phi) is 8.80. The monoisotopic (exact) mass is 615 g/mol. The van der Waals surface area contributed by atoms with Gasteiger partial charge in [0.15, 0.2) is 15.5 Å². The number of sulfonamides is 1. The first kappa shape index (κ1) is 30.9. The van der Waals surface area contributed by atoms with Crippen LogP contribution in [0.3, 0.4) is 0 Å². The molecule has 1 aromatic heterocycles. The van der Waals surface area contributed by atoms with Gasteiger partial charge in [-0.15, -0.1) is 0 Å². The molecular formula is C23H23ClF5N3O5S2. The van der Waals surface area contributed by atoms with E-state index in [9.17, 15) is 39.2 Å². The van der Waals surface area contributed by atoms with Crippen molar-refractivity contribution in [2.75, 3.05) is 19.3 Å². The topological polar surface area (TPSA) is 114 Å². The van der Waals surface area contributed by atoms with E-state index in [2.05, 4.69) is 10.3 Å². The third-order valence-corrected chi connectivity index (χ3v) is 8.78. The Morgan fingerprint density at radius 2 is 1.77 bits per heavy atom. The number of nitrogens with zero attached hydrogens (tertiary/aromatic N) is 2. The van der Waals surface area contributed by atoms with Gasteiger partial charge < -0.3 is 5.32 Å². The van der Waals surface area contributed by atoms with E-state index >= 15 is 4.39 Å². The van der Waals surface area contributed by atoms with Crippen molar-refractivity contribution in [3.63, 3.8) is 0 Å². The number of aromatic nitrogens is 1. The molecule has 0 saturated carbocycles. The Morgan fingerprint density at radius 1 is 1.15 bits per heavy atom. The summed E-state index contributed by atoms with van der Waals surface area (Å²) in [5, 5.41) is 2.82. The van der Waals surface area contributed by atoms with Crippen molar-refractivity contribution in [1.29, 1.82) is 0 Å². The zero-order valence-electron chi connectivity index (χ0n) is 20.5. The van der Waals surface area contributed by atoms with Crippen molar-refractivity contribution in [3.8, 4) is 11.1 Å². The number of rotatable bonds is 7. The number of carbonyl (C=O) groups excluding carboxylic acids is 1. The van der Waals surface area contributed by atoms with Crippen molar-refractivity contribution in [1.82, 2.24) is 14.6 Å². The predicted octanol–water partition coefficient (Wildman–Crippen LogP) is 4.12. The summed E-state index contributed by atoms with van der Waals surface area (Å²) in [6.07, 6.45) is -3.50. The Bertz CT molecular complexity index is 1510. The van der Waals surface area contributed by atoms with Crippen LogP contribution in [-0.2, 0) is 30.8 Å². The van der Waals surface area contributed by atoms with E-state index in [4.69, 9.17) is 11.6 Å². The normalized spacial score (nSPS) is 17.7. The Hall–Kier alpha value is -2.62. The molecule has 8 nitrogen and oxygen atoms in total. The summed E-state index contributed by atoms with van der Waals surface area (Å²) in [6.45, 7) is 0.414. The Morgan fingerprint density at radius 3 is 2.31 bits per heavy atom. The molecule has 1 amide bonds. The first-order valence-electron chi connectivity index (χ1n) is 11.2. The van der Waals surface area contributed by atoms with Crippen LogP contribution in [-0.4, -0.2) is 63.1 Å². The molecule has 1 fully saturated rings. The second kappa shape index (κ2) is 11.1. The number of nitrogens with one attached hydrogen (secondary N) is 1. The molecule has 0 unspecified atom stereocenters. The highest BCUT2D eigenvalue weighted by Crippen LogP contribution is 2.39. The van der Waals surface area contributed by atoms with Crippen LogP contribution in [0.5, 0.6) is 0 Å². The van der Waals surface area contributed by atoms with Crippen molar-refractivity contribution in [2.45, 2.75) is 42.5 Å². The summed E-state index contributed by atoms with van der Waals surface area (Å²) in [6, 6.07) is 2.37. The van der Waals surface area contributed by atoms with Crippen LogP contribution in [0.15, 0.2) is 46.8 Å². The second-order valence-electron chi connectivity index (χ2n) is 8.98. The lowest BCUT2D eigenvalue weighted by Gasteiger charge is -2.35. The summed E-state index contributed by atoms with van der Waals surface area (Å²) in [5.41, 5.74) is -4.57. The van der Waals surface area contributed by atoms with Crippen LogP contribution in [0.4, 0.5) is 22.0 Å². The van der Waals surface area contributed by atoms with E-state index in [0.29, 0.717) is 12.3 Å². The fourth-order valence-electron chi connectivity index (χ4n) is 3.81. The van der Waals surface area contributed by atoms with Gasteiger partial charge in [-0.1, -0.05) is 17.7 Å². The molecule has 3 rings (SSSR count). The van der Waals surface area contributed by atoms with Crippen LogP contribution < -0.4 is 5.32 Å². The predicted molar refractivity (Wildman–Crippen MR) is 133 cm³/mol. The van der Waals surface area contributed by atoms with Gasteiger partial charge in [-0.3, -0.25) is 9.78 Å². The minimum Gasteiger partial charge on any atom is -0.347 e. The van der Waals surface area contributed by atoms with Crippen molar-refractivity contribution in [2.24, 2.45) is 0 Å². The van der Waals surface area contributed by atoms with Gasteiger partial charge >= 0.3 is 6.18 Å². The number of hydrogen-bond donors (Lipinski definition) is 1. The molecule has 0 bridgehead atoms. The van der Waals surface area contributed by atoms with E-state index < -0.39 is 91.6 Å². The molecule has 1 aliphatic heterocycles. The highest BCUT2D eigenvalue weighted by atomic mass is 35.5. The van der Waals surface area contributed by atoms with Gasteiger partial charge in [-0.25, -0.2) is 25.6 Å². The largest absolute Gasteiger partial charge is 0.433 e. The van der Waals surface area contributed by atoms with Crippen LogP contribution >= 0.6 is 11.6 Å². The Labute approximate surface area is 226 Å². The van der Waals surface area contributed by atoms with E-state index in [0.717, 1.165) is 40.2 Å². The molecule has 0 radical (unpaired) electrons. The van der Waals surface area contributed by atoms with Crippen LogP contribution in [0, 0.1) is 5.82 Å². The molecular weight excluding hydrogens is 593 g/mol. The lowest BCUT2D eigenvalue weighted by Crippen LogP contribution is -2.53. The minimum absolute atomic E-state index is 0.197. The van der Waals surface area contributed by atoms with E-state index in [-0.39, 0.29) is 10.6 Å². The molecule has 0 spiro atoms. The Balaban J connectivity index is 1.89. The molecule has 1 aromatic carbocycles. The maximum atomic E-state index is 15.4. The third-order valence-electron chi connectivity index (χ3n) is 5.89. The van der Waals surface area contributed by atoms with Gasteiger partial charge in [-0.2, -0.15) is 17.5 Å². The van der Waals surface area contributed by atoms with Crippen LogP contribution in [0.2, 0.25) is 5.02 Å². The lowest BCUT2D eigenvalue weighted by molar-refractivity contribution is -0.141. The minimum atomic E-state index is -4.93. The summed E-state index contributed by atoms with van der Waals surface area (Å²) >= 11 is 6.02. The third kappa shape index (κ3) is 7.32. The number of carbonyl (C=O) groups is 1. The summed E-state index contributed by atoms with van der Waals surface area (Å²) in [7, 11) is -8.06. The number of hydrogen-bond acceptors (Lipinski definition) is 6. The zero-order chi connectivity index (χ0) is 29.4. The summed E-state index contributed by atoms with van der Waals surface area (Å²) in [4.78, 5) is 15.1. The van der Waals surface area contributed by atoms with Gasteiger partial charge in [0.1, 0.15) is 16.4 Å². The maximum absolute atomic E-state index is 15.4. The summed E-state index contributed by atoms with van der Waals surface area (Å²) in [5.74, 6) is -1.87. The van der Waals surface area contributed by atoms with E-state index in [1.54, 1.807) is 0 Å². The smallest absolute Gasteiger partial charge is 0.347 e. The number of halogens is 6. The molecule has 16 heteroatoms. The molecule has 214 valence electrons. The number of amides is 1. The van der Waals surface area contributed by atoms with Gasteiger partial charge in [0.05, 0.1) is 5.02 Å². The fourth-order valence-corrected chi connectivity index (χ4v) is 6.18. The number of alkyl halides is 4. The first-order valence-corrected chi connectivity index (χ1v) is 15.0. The van der Waals surface area contributed by atoms with Crippen LogP contribution in [0.25, 0.3) is 11.1 Å². The van der Waals surface area contributed by atoms with Gasteiger partial charge in [0, 0.05) is 61.0 Å². The highest BCUT2D eigenvalue weighted by Gasteiger charge is 2.45. The van der Waals surface area contributed by atoms with Gasteiger partial charge in [0.25, 0.3) is 5.91 Å². The average Bonchev–Trinajstić information content (AvgIpc) is 2.81. The lowest BCUT2D eigenvalue weighted by atomic mass is 9.93. The maximum Gasteiger partial charge on any atom is 0.433 e. The molecule has 1 atom stereocenters. The van der Waals surface area contributed by atoms with E-state index in [1.165, 1.54) is 6.92 Å². The highest BCUT2D eigenvalue weighted by molar-refractivity contribution is 7.93. The summed E-state index contributed by atoms with van der Waals surface area (Å²) < 4.78 is 119. The quantitative estimate of drug-likeness (QED) is 0.469. The van der Waals surface area contributed by atoms with Crippen LogP contribution in [0.1, 0.15) is 25.5 Å². The zero-order valence-corrected chi connectivity index (χ0v) is 22.9. The SMILES string of the molecule is C[C@H](/C=C\S(C)(=O)=O)NC(=O)C1(F)CCN(S(=O)(=O)c2cnc(C(F)(F)F)cc2-c2ccc(F)cc2Cl)CC1. The standard InChI is InChI=1S/C23H23ClF5N3O5S2/c1-14(5-10-38(2,34)35)31-21(33)22(26)6-8-32(9-7-22)39(36,37)19-13-30-20(23(27,28)29)12-17(19)16-4-3-15(25)11-18(16)24/h3-5,10-14H,6-9H2,1-2H3,(H,31,33)/b10-5-/t14-/m1/s1. The number of piperidine rings is 1. The van der Waals surface area contributed by atoms with Gasteiger partial charge in [-0.05, 0) is 31.2 Å². The average molecular weight is 616 g/mol. The fraction of sp³-hybridized carbons (Fsp3) is 0.391.